The Balaban J connectivity index is 0.571. The second kappa shape index (κ2) is 35.0. The minimum atomic E-state index is 0.867. The van der Waals surface area contributed by atoms with E-state index in [0.29, 0.717) is 0 Å². The minimum absolute atomic E-state index is 0.867. The Kier molecular flexibility index (Phi) is 20.1. The molecule has 29 aromatic rings. The van der Waals surface area contributed by atoms with Crippen molar-refractivity contribution in [3.05, 3.63) is 540 Å². The average Bonchev–Trinajstić information content (AvgIpc) is 1.58. The van der Waals surface area contributed by atoms with Crippen molar-refractivity contribution >= 4 is 199 Å². The zero-order valence-corrected chi connectivity index (χ0v) is 80.2. The third kappa shape index (κ3) is 14.3. The Hall–Kier alpha value is -19.9. The van der Waals surface area contributed by atoms with E-state index in [1.807, 2.05) is 18.2 Å². The molecule has 10 nitrogen and oxygen atoms in total. The van der Waals surface area contributed by atoms with Crippen LogP contribution in [0.1, 0.15) is 0 Å². The van der Waals surface area contributed by atoms with E-state index in [1.54, 1.807) is 0 Å². The second-order valence-corrected chi connectivity index (χ2v) is 38.2. The molecule has 29 rings (SSSR count). The lowest BCUT2D eigenvalue weighted by Crippen LogP contribution is -2.14. The summed E-state index contributed by atoms with van der Waals surface area (Å²) in [7, 11) is 0. The highest BCUT2D eigenvalue weighted by molar-refractivity contribution is 6.16. The largest absolute Gasteiger partial charge is 0.455 e. The van der Waals surface area contributed by atoms with Gasteiger partial charge in [-0.05, 0) is 288 Å². The Labute approximate surface area is 852 Å². The fourth-order valence-corrected chi connectivity index (χ4v) is 22.9. The molecule has 23 aromatic carbocycles. The molecule has 0 aliphatic carbocycles. The molecule has 0 unspecified atom stereocenters. The van der Waals surface area contributed by atoms with Crippen molar-refractivity contribution < 1.29 is 13.3 Å². The Morgan fingerprint density at radius 1 is 0.128 bits per heavy atom. The van der Waals surface area contributed by atoms with Gasteiger partial charge >= 0.3 is 0 Å². The van der Waals surface area contributed by atoms with E-state index in [4.69, 9.17) is 13.3 Å². The highest BCUT2D eigenvalue weighted by Crippen LogP contribution is 2.50. The number of benzene rings is 23. The molecule has 0 saturated carbocycles. The van der Waals surface area contributed by atoms with Crippen LogP contribution in [0.5, 0.6) is 0 Å². The van der Waals surface area contributed by atoms with Crippen LogP contribution in [-0.2, 0) is 0 Å². The zero-order chi connectivity index (χ0) is 97.4. The monoisotopic (exact) mass is 1890 g/mol. The first-order valence-electron chi connectivity index (χ1n) is 50.4. The number of furan rings is 3. The molecular weight excluding hydrogens is 1800 g/mol. The molecule has 6 heterocycles. The van der Waals surface area contributed by atoms with E-state index in [2.05, 4.69) is 555 Å². The smallest absolute Gasteiger partial charge is 0.143 e. The third-order valence-corrected chi connectivity index (χ3v) is 29.9. The van der Waals surface area contributed by atoms with E-state index >= 15 is 0 Å². The zero-order valence-electron chi connectivity index (χ0n) is 80.2. The number of anilines is 12. The van der Waals surface area contributed by atoms with Gasteiger partial charge in [0.1, 0.15) is 33.5 Å². The van der Waals surface area contributed by atoms with Gasteiger partial charge in [-0.2, -0.15) is 0 Å². The molecule has 0 spiro atoms. The Morgan fingerprint density at radius 3 is 0.601 bits per heavy atom. The standard InChI is InChI=1S/C138H89N7O3/c1-3-24-97(25-4-1)143-129-43-16-9-30-117(129)125-88-95(58-86-131(125)143)90-48-60-99(61-49-90)139(101-64-52-92(53-65-101)112-35-21-38-122-119-32-11-18-45-133(119)146-136(112)122)104-70-76-107(77-71-104)142(109-80-74-106(75-81-109)141(103-68-56-94(57-69-103)114-37-23-40-124-121-34-13-20-47-135(121)148-138(114)124)110-82-84-111(85-83-110)145-127-41-14-7-28-115(127)116-29-8-15-42-128(116)145)108-78-72-105(73-79-108)140(102-66-54-93(55-67-102)113-36-22-39-123-120-33-12-19-46-134(120)147-137(113)123)100-62-50-91(51-63-100)96-59-87-132-126(89-96)118-31-10-17-44-130(118)144(132)98-26-5-2-6-27-98/h1-89H. The van der Waals surface area contributed by atoms with Crippen LogP contribution in [0.3, 0.4) is 0 Å². The molecule has 0 bridgehead atoms. The lowest BCUT2D eigenvalue weighted by Gasteiger charge is -2.30. The molecule has 0 atom stereocenters. The summed E-state index contributed by atoms with van der Waals surface area (Å²) in [5.74, 6) is 0. The summed E-state index contributed by atoms with van der Waals surface area (Å²) >= 11 is 0. The van der Waals surface area contributed by atoms with Crippen molar-refractivity contribution in [3.8, 4) is 72.7 Å². The first-order chi connectivity index (χ1) is 73.4. The first kappa shape index (κ1) is 84.9. The van der Waals surface area contributed by atoms with Crippen molar-refractivity contribution in [2.45, 2.75) is 0 Å². The SMILES string of the molecule is c1ccc(-n2c3ccccc3c3cc(-c4ccc(N(c5ccc(-c6cccc7c6oc6ccccc67)cc5)c5ccc(N(c6ccc(N(c7ccc(-c8ccc9c(c8)c8ccccc8n9-c8ccccc8)cc7)c7ccc(-c8cccc9c8oc8ccccc89)cc7)cc6)c6ccc(N(c7ccc(-c8cccc9c8oc8ccccc89)cc7)c7ccc(-n8c9ccccc9c9ccccc98)cc7)cc6)cc5)cc4)ccc32)cc1. The molecule has 6 aromatic heterocycles. The highest BCUT2D eigenvalue weighted by atomic mass is 16.3. The third-order valence-electron chi connectivity index (χ3n) is 29.9. The van der Waals surface area contributed by atoms with Crippen LogP contribution in [0.2, 0.25) is 0 Å². The topological polar surface area (TPSA) is 67.2 Å². The van der Waals surface area contributed by atoms with Crippen molar-refractivity contribution in [2.24, 2.45) is 0 Å². The lowest BCUT2D eigenvalue weighted by atomic mass is 10.0. The molecule has 694 valence electrons. The highest BCUT2D eigenvalue weighted by Gasteiger charge is 2.27. The van der Waals surface area contributed by atoms with Gasteiger partial charge in [0.2, 0.25) is 0 Å². The van der Waals surface area contributed by atoms with Gasteiger partial charge in [0.05, 0.1) is 33.1 Å². The quantitative estimate of drug-likeness (QED) is 0.0753. The molecule has 0 aliphatic heterocycles. The van der Waals surface area contributed by atoms with Crippen LogP contribution in [0.15, 0.2) is 553 Å². The maximum absolute atomic E-state index is 6.69. The van der Waals surface area contributed by atoms with Gasteiger partial charge in [-0.1, -0.05) is 291 Å². The summed E-state index contributed by atoms with van der Waals surface area (Å²) in [6.45, 7) is 0. The van der Waals surface area contributed by atoms with Crippen LogP contribution in [-0.4, -0.2) is 13.7 Å². The maximum atomic E-state index is 6.69. The van der Waals surface area contributed by atoms with Gasteiger partial charge < -0.3 is 46.6 Å². The molecule has 0 aliphatic rings. The molecular formula is C138H89N7O3. The summed E-state index contributed by atoms with van der Waals surface area (Å²) in [4.78, 5) is 9.50. The van der Waals surface area contributed by atoms with Gasteiger partial charge in [-0.15, -0.1) is 0 Å². The molecule has 0 amide bonds. The van der Waals surface area contributed by atoms with E-state index in [1.165, 1.54) is 43.4 Å². The first-order valence-corrected chi connectivity index (χ1v) is 50.4. The number of hydrogen-bond acceptors (Lipinski definition) is 7. The Bertz CT molecular complexity index is 9730. The number of fused-ring (bicyclic) bond motifs is 18. The number of aromatic nitrogens is 3. The number of para-hydroxylation sites is 12. The molecule has 0 radical (unpaired) electrons. The molecule has 10 heteroatoms. The average molecular weight is 1890 g/mol. The van der Waals surface area contributed by atoms with Crippen LogP contribution in [0.4, 0.5) is 68.2 Å². The van der Waals surface area contributed by atoms with Gasteiger partial charge in [-0.25, -0.2) is 0 Å². The fourth-order valence-electron chi connectivity index (χ4n) is 22.9. The molecule has 148 heavy (non-hydrogen) atoms. The number of rotatable bonds is 20. The van der Waals surface area contributed by atoms with E-state index in [-0.39, 0.29) is 0 Å². The molecule has 0 N–H and O–H groups in total. The summed E-state index contributed by atoms with van der Waals surface area (Å²) in [5.41, 5.74) is 38.0. The second-order valence-electron chi connectivity index (χ2n) is 38.2. The van der Waals surface area contributed by atoms with Crippen LogP contribution in [0.25, 0.3) is 204 Å². The number of nitrogens with zero attached hydrogens (tertiary/aromatic N) is 7. The van der Waals surface area contributed by atoms with E-state index < -0.39 is 0 Å². The lowest BCUT2D eigenvalue weighted by molar-refractivity contribution is 0.669. The van der Waals surface area contributed by atoms with Gasteiger partial charge in [0, 0.05) is 167 Å². The van der Waals surface area contributed by atoms with Crippen molar-refractivity contribution in [3.63, 3.8) is 0 Å². The summed E-state index contributed by atoms with van der Waals surface area (Å²) < 4.78 is 27.2. The summed E-state index contributed by atoms with van der Waals surface area (Å²) in [6, 6.07) is 196. The van der Waals surface area contributed by atoms with E-state index in [9.17, 15) is 0 Å². The predicted octanol–water partition coefficient (Wildman–Crippen LogP) is 38.9. The fraction of sp³-hybridized carbons (Fsp3) is 0. The molecule has 0 fully saturated rings. The van der Waals surface area contributed by atoms with Crippen molar-refractivity contribution in [1.82, 2.24) is 13.7 Å². The summed E-state index contributed by atoms with van der Waals surface area (Å²) in [6.07, 6.45) is 0. The number of hydrogen-bond donors (Lipinski definition) is 0. The van der Waals surface area contributed by atoms with Gasteiger partial charge in [0.15, 0.2) is 0 Å². The maximum Gasteiger partial charge on any atom is 0.143 e. The van der Waals surface area contributed by atoms with Crippen molar-refractivity contribution in [1.29, 1.82) is 0 Å². The van der Waals surface area contributed by atoms with Crippen LogP contribution >= 0.6 is 0 Å². The van der Waals surface area contributed by atoms with Crippen LogP contribution < -0.4 is 19.6 Å². The normalized spacial score (nSPS) is 11.8. The Morgan fingerprint density at radius 2 is 0.324 bits per heavy atom. The van der Waals surface area contributed by atoms with Crippen molar-refractivity contribution in [2.75, 3.05) is 19.6 Å². The predicted molar refractivity (Wildman–Crippen MR) is 617 cm³/mol. The minimum Gasteiger partial charge on any atom is -0.455 e. The van der Waals surface area contributed by atoms with Gasteiger partial charge in [-0.3, -0.25) is 0 Å². The van der Waals surface area contributed by atoms with Crippen LogP contribution in [0, 0.1) is 0 Å². The molecule has 0 saturated heterocycles. The van der Waals surface area contributed by atoms with Gasteiger partial charge in [0.25, 0.3) is 0 Å². The van der Waals surface area contributed by atoms with E-state index in [0.717, 1.165) is 229 Å². The summed E-state index contributed by atoms with van der Waals surface area (Å²) in [5, 5.41) is 13.8.